The highest BCUT2D eigenvalue weighted by Gasteiger charge is 2.32. The van der Waals surface area contributed by atoms with Crippen molar-refractivity contribution < 1.29 is 14.4 Å². The third kappa shape index (κ3) is 3.96. The van der Waals surface area contributed by atoms with Gasteiger partial charge in [-0.25, -0.2) is 4.79 Å². The summed E-state index contributed by atoms with van der Waals surface area (Å²) in [4.78, 5) is 24.0. The molecule has 22 heavy (non-hydrogen) atoms. The number of halogens is 2. The van der Waals surface area contributed by atoms with Gasteiger partial charge in [-0.3, -0.25) is 0 Å². The predicted molar refractivity (Wildman–Crippen MR) is 83.9 cm³/mol. The molecule has 0 fully saturated rings. The van der Waals surface area contributed by atoms with E-state index in [0.717, 1.165) is 0 Å². The molecule has 1 amide bonds. The summed E-state index contributed by atoms with van der Waals surface area (Å²) < 4.78 is 4.45. The lowest BCUT2D eigenvalue weighted by Crippen LogP contribution is -2.36. The van der Waals surface area contributed by atoms with Crippen molar-refractivity contribution in [3.05, 3.63) is 74.6 Å². The van der Waals surface area contributed by atoms with Crippen LogP contribution in [-0.2, 0) is 4.74 Å². The topological polar surface area (TPSA) is 58.4 Å². The van der Waals surface area contributed by atoms with Crippen LogP contribution in [0.2, 0.25) is 10.0 Å². The van der Waals surface area contributed by atoms with E-state index in [1.54, 1.807) is 48.5 Å². The van der Waals surface area contributed by atoms with Crippen LogP contribution in [0.4, 0.5) is 4.79 Å². The largest absolute Gasteiger partial charge is 0.464 e. The first-order chi connectivity index (χ1) is 10.5. The lowest BCUT2D eigenvalue weighted by atomic mass is 9.99. The number of rotatable bonds is 4. The van der Waals surface area contributed by atoms with Crippen molar-refractivity contribution in [2.24, 2.45) is 0 Å². The fourth-order valence-corrected chi connectivity index (χ4v) is 2.21. The summed E-state index contributed by atoms with van der Waals surface area (Å²) in [5.41, 5.74) is 3.44. The Morgan fingerprint density at radius 1 is 1.00 bits per heavy atom. The molecule has 114 valence electrons. The van der Waals surface area contributed by atoms with Crippen molar-refractivity contribution in [1.29, 1.82) is 0 Å². The summed E-state index contributed by atoms with van der Waals surface area (Å²) in [6, 6.07) is 12.8. The first kappa shape index (κ1) is 16.3. The molecule has 0 aromatic heterocycles. The van der Waals surface area contributed by atoms with Gasteiger partial charge in [-0.05, 0) is 29.7 Å². The normalized spacial score (nSPS) is 10.4. The van der Waals surface area contributed by atoms with Crippen LogP contribution in [0, 0.1) is 4.91 Å². The molecule has 0 aliphatic heterocycles. The number of hydrazine groups is 1. The van der Waals surface area contributed by atoms with Crippen molar-refractivity contribution in [2.75, 3.05) is 7.11 Å². The van der Waals surface area contributed by atoms with Gasteiger partial charge in [-0.15, -0.1) is 0 Å². The molecule has 0 radical (unpaired) electrons. The molecule has 2 aromatic rings. The molecule has 0 saturated carbocycles. The maximum absolute atomic E-state index is 12.3. The highest BCUT2D eigenvalue weighted by atomic mass is 35.5. The number of hydrogen-bond donors (Lipinski definition) is 1. The monoisotopic (exact) mass is 339 g/mol. The molecule has 0 atom stereocenters. The number of ether oxygens (including phenoxy) is 1. The Labute approximate surface area is 137 Å². The second-order valence-corrected chi connectivity index (χ2v) is 5.31. The molecule has 5 nitrogen and oxygen atoms in total. The van der Waals surface area contributed by atoms with Gasteiger partial charge in [0.15, 0.2) is 0 Å². The second kappa shape index (κ2) is 7.24. The SMILES string of the molecule is COC(=O)N[N+](=O)C(c1ccc(Cl)cc1)c1ccc(Cl)cc1. The number of methoxy groups -OCH3 is 1. The Bertz CT molecular complexity index is 627. The smallest absolute Gasteiger partial charge is 0.449 e. The van der Waals surface area contributed by atoms with Crippen molar-refractivity contribution in [3.63, 3.8) is 0 Å². The number of amides is 1. The number of carbonyl (C=O) groups is 1. The fraction of sp³-hybridized carbons (Fsp3) is 0.133. The van der Waals surface area contributed by atoms with Gasteiger partial charge in [0.25, 0.3) is 6.04 Å². The van der Waals surface area contributed by atoms with Gasteiger partial charge in [-0.2, -0.15) is 0 Å². The highest BCUT2D eigenvalue weighted by Crippen LogP contribution is 2.27. The zero-order valence-electron chi connectivity index (χ0n) is 11.6. The van der Waals surface area contributed by atoms with Crippen LogP contribution in [-0.4, -0.2) is 18.1 Å². The van der Waals surface area contributed by atoms with Crippen LogP contribution in [0.1, 0.15) is 17.2 Å². The minimum Gasteiger partial charge on any atom is -0.449 e. The molecule has 0 spiro atoms. The number of nitrogens with zero attached hydrogens (tertiary/aromatic N) is 1. The van der Waals surface area contributed by atoms with E-state index in [0.29, 0.717) is 26.0 Å². The van der Waals surface area contributed by atoms with Gasteiger partial charge in [-0.1, -0.05) is 47.5 Å². The van der Waals surface area contributed by atoms with Gasteiger partial charge in [0, 0.05) is 21.2 Å². The Morgan fingerprint density at radius 2 is 1.41 bits per heavy atom. The Hall–Kier alpha value is -2.11. The van der Waals surface area contributed by atoms with Crippen LogP contribution in [0.3, 0.4) is 0 Å². The van der Waals surface area contributed by atoms with Gasteiger partial charge in [0.2, 0.25) is 0 Å². The third-order valence-corrected chi connectivity index (χ3v) is 3.50. The number of benzene rings is 2. The predicted octanol–water partition coefficient (Wildman–Crippen LogP) is 4.13. The molecular formula is C15H13Cl2N2O3+. The summed E-state index contributed by atoms with van der Waals surface area (Å²) in [5, 5.41) is 1.11. The van der Waals surface area contributed by atoms with Crippen LogP contribution in [0.25, 0.3) is 0 Å². The third-order valence-electron chi connectivity index (χ3n) is 2.99. The van der Waals surface area contributed by atoms with Crippen LogP contribution < -0.4 is 5.43 Å². The molecule has 2 aromatic carbocycles. The molecule has 0 heterocycles. The van der Waals surface area contributed by atoms with Crippen molar-refractivity contribution in [2.45, 2.75) is 6.04 Å². The minimum absolute atomic E-state index is 0.429. The first-order valence-corrected chi connectivity index (χ1v) is 7.08. The lowest BCUT2D eigenvalue weighted by Gasteiger charge is -2.10. The molecule has 0 aliphatic rings. The number of hydrogen-bond acceptors (Lipinski definition) is 3. The van der Waals surface area contributed by atoms with Gasteiger partial charge in [0.1, 0.15) is 4.87 Å². The fourth-order valence-electron chi connectivity index (χ4n) is 1.95. The van der Waals surface area contributed by atoms with E-state index in [-0.39, 0.29) is 0 Å². The summed E-state index contributed by atoms with van der Waals surface area (Å²) >= 11 is 11.7. The van der Waals surface area contributed by atoms with Crippen LogP contribution in [0.5, 0.6) is 0 Å². The molecule has 0 unspecified atom stereocenters. The maximum Gasteiger partial charge on any atom is 0.464 e. The number of carbonyl (C=O) groups excluding carboxylic acids is 1. The zero-order chi connectivity index (χ0) is 16.1. The summed E-state index contributed by atoms with van der Waals surface area (Å²) in [7, 11) is 1.18. The van der Waals surface area contributed by atoms with E-state index in [9.17, 15) is 9.70 Å². The van der Waals surface area contributed by atoms with E-state index in [4.69, 9.17) is 23.2 Å². The molecule has 0 bridgehead atoms. The zero-order valence-corrected chi connectivity index (χ0v) is 13.1. The molecule has 0 aliphatic carbocycles. The first-order valence-electron chi connectivity index (χ1n) is 6.33. The molecule has 1 N–H and O–H groups in total. The van der Waals surface area contributed by atoms with E-state index < -0.39 is 12.1 Å². The average Bonchev–Trinajstić information content (AvgIpc) is 2.51. The Morgan fingerprint density at radius 3 is 1.77 bits per heavy atom. The van der Waals surface area contributed by atoms with Gasteiger partial charge >= 0.3 is 6.09 Å². The summed E-state index contributed by atoms with van der Waals surface area (Å²) in [6.07, 6.45) is -0.845. The Balaban J connectivity index is 2.39. The number of nitrogens with one attached hydrogen (secondary N) is 1. The second-order valence-electron chi connectivity index (χ2n) is 4.43. The average molecular weight is 340 g/mol. The summed E-state index contributed by atoms with van der Waals surface area (Å²) in [6.45, 7) is 0. The maximum atomic E-state index is 12.3. The lowest BCUT2D eigenvalue weighted by molar-refractivity contribution is -0.626. The highest BCUT2D eigenvalue weighted by molar-refractivity contribution is 6.30. The molecular weight excluding hydrogens is 327 g/mol. The van der Waals surface area contributed by atoms with E-state index in [1.807, 2.05) is 0 Å². The molecule has 7 heteroatoms. The van der Waals surface area contributed by atoms with Gasteiger partial charge in [0.05, 0.1) is 12.0 Å². The Kier molecular flexibility index (Phi) is 5.35. The summed E-state index contributed by atoms with van der Waals surface area (Å²) in [5.74, 6) is 0. The minimum atomic E-state index is -0.845. The van der Waals surface area contributed by atoms with Crippen molar-refractivity contribution >= 4 is 29.3 Å². The van der Waals surface area contributed by atoms with Gasteiger partial charge < -0.3 is 4.74 Å². The standard InChI is InChI=1S/C15H12Cl2N2O3/c1-22-15(20)18-19(21)14(10-2-6-12(16)7-3-10)11-4-8-13(17)9-5-11/h2-9,14H,1H3/p+1. The molecule has 0 saturated heterocycles. The van der Waals surface area contributed by atoms with Crippen molar-refractivity contribution in [3.8, 4) is 0 Å². The van der Waals surface area contributed by atoms with E-state index in [2.05, 4.69) is 10.2 Å². The van der Waals surface area contributed by atoms with E-state index >= 15 is 0 Å². The van der Waals surface area contributed by atoms with Crippen LogP contribution >= 0.6 is 23.2 Å². The van der Waals surface area contributed by atoms with Crippen molar-refractivity contribution in [1.82, 2.24) is 5.43 Å². The number of nitroso groups, excluding NO2 is 1. The molecule has 2 rings (SSSR count). The van der Waals surface area contributed by atoms with E-state index in [1.165, 1.54) is 7.11 Å². The van der Waals surface area contributed by atoms with Crippen LogP contribution in [0.15, 0.2) is 48.5 Å². The quantitative estimate of drug-likeness (QED) is 0.672.